The fourth-order valence-electron chi connectivity index (χ4n) is 2.85. The average Bonchev–Trinajstić information content (AvgIpc) is 2.75. The zero-order valence-electron chi connectivity index (χ0n) is 19.5. The first kappa shape index (κ1) is 30.5. The second-order valence-corrected chi connectivity index (χ2v) is 9.15. The molecule has 0 radical (unpaired) electrons. The second-order valence-electron chi connectivity index (χ2n) is 7.70. The predicted octanol–water partition coefficient (Wildman–Crippen LogP) is 5.27. The van der Waals surface area contributed by atoms with Crippen molar-refractivity contribution in [3.05, 3.63) is 24.3 Å². The molecule has 0 bridgehead atoms. The molecule has 2 unspecified atom stereocenters. The number of unbranched alkanes of at least 4 members (excludes halogenated alkanes) is 9. The summed E-state index contributed by atoms with van der Waals surface area (Å²) in [6.45, 7) is 2.59. The minimum atomic E-state index is -4.14. The van der Waals surface area contributed by atoms with Crippen molar-refractivity contribution in [1.29, 1.82) is 0 Å². The normalized spacial score (nSPS) is 15.1. The number of phosphoric ester groups is 1. The molecule has 0 fully saturated rings. The molecule has 2 atom stereocenters. The maximum atomic E-state index is 11.4. The Morgan fingerprint density at radius 3 is 2.10 bits per heavy atom. The van der Waals surface area contributed by atoms with Crippen LogP contribution >= 0.6 is 7.82 Å². The Hall–Kier alpha value is -0.530. The molecular weight excluding hydrogens is 417 g/mol. The van der Waals surface area contributed by atoms with Gasteiger partial charge < -0.3 is 20.5 Å². The van der Waals surface area contributed by atoms with Crippen LogP contribution in [0.15, 0.2) is 24.3 Å². The van der Waals surface area contributed by atoms with Crippen LogP contribution in [0.4, 0.5) is 0 Å². The number of rotatable bonds is 23. The van der Waals surface area contributed by atoms with Gasteiger partial charge in [0, 0.05) is 13.2 Å². The summed E-state index contributed by atoms with van der Waals surface area (Å²) in [6, 6.07) is 0. The summed E-state index contributed by atoms with van der Waals surface area (Å²) in [5.41, 5.74) is 5.19. The van der Waals surface area contributed by atoms with E-state index in [1.54, 1.807) is 0 Å². The highest BCUT2D eigenvalue weighted by molar-refractivity contribution is 7.47. The molecule has 0 aromatic rings. The molecule has 31 heavy (non-hydrogen) atoms. The average molecular weight is 464 g/mol. The monoisotopic (exact) mass is 463 g/mol. The molecule has 4 N–H and O–H groups in total. The van der Waals surface area contributed by atoms with E-state index in [2.05, 4.69) is 40.3 Å². The fraction of sp³-hybridized carbons (Fsp3) is 0.826. The first-order valence-electron chi connectivity index (χ1n) is 11.9. The van der Waals surface area contributed by atoms with Gasteiger partial charge in [0.2, 0.25) is 0 Å². The summed E-state index contributed by atoms with van der Waals surface area (Å²) in [6.07, 6.45) is 22.4. The summed E-state index contributed by atoms with van der Waals surface area (Å²) in [5.74, 6) is 0. The van der Waals surface area contributed by atoms with E-state index in [9.17, 15) is 14.6 Å². The second kappa shape index (κ2) is 22.7. The lowest BCUT2D eigenvalue weighted by atomic mass is 10.1. The van der Waals surface area contributed by atoms with E-state index in [1.165, 1.54) is 51.4 Å². The van der Waals surface area contributed by atoms with Crippen LogP contribution in [0.25, 0.3) is 0 Å². The smallest absolute Gasteiger partial charge is 0.388 e. The summed E-state index contributed by atoms with van der Waals surface area (Å²) < 4.78 is 26.1. The Kier molecular flexibility index (Phi) is 22.3. The van der Waals surface area contributed by atoms with Gasteiger partial charge in [0.05, 0.1) is 19.8 Å². The van der Waals surface area contributed by atoms with E-state index < -0.39 is 13.9 Å². The van der Waals surface area contributed by atoms with Gasteiger partial charge in [0.15, 0.2) is 0 Å². The van der Waals surface area contributed by atoms with Crippen molar-refractivity contribution in [2.24, 2.45) is 5.73 Å². The van der Waals surface area contributed by atoms with Gasteiger partial charge in [0.25, 0.3) is 0 Å². The van der Waals surface area contributed by atoms with Gasteiger partial charge >= 0.3 is 7.82 Å². The molecule has 0 saturated carbocycles. The maximum Gasteiger partial charge on any atom is 0.472 e. The molecular formula is C23H46NO6P. The van der Waals surface area contributed by atoms with Gasteiger partial charge in [0.1, 0.15) is 6.10 Å². The zero-order chi connectivity index (χ0) is 23.0. The Bertz CT molecular complexity index is 487. The number of allylic oxidation sites excluding steroid dienone is 4. The van der Waals surface area contributed by atoms with Crippen molar-refractivity contribution in [2.45, 2.75) is 90.1 Å². The topological polar surface area (TPSA) is 111 Å². The van der Waals surface area contributed by atoms with Crippen molar-refractivity contribution in [3.63, 3.8) is 0 Å². The van der Waals surface area contributed by atoms with Gasteiger partial charge in [-0.05, 0) is 38.5 Å². The van der Waals surface area contributed by atoms with Crippen LogP contribution in [0, 0.1) is 0 Å². The molecule has 0 rings (SSSR count). The molecule has 184 valence electrons. The van der Waals surface area contributed by atoms with Crippen molar-refractivity contribution < 1.29 is 28.3 Å². The third-order valence-electron chi connectivity index (χ3n) is 4.60. The molecule has 0 amide bonds. The zero-order valence-corrected chi connectivity index (χ0v) is 20.4. The van der Waals surface area contributed by atoms with E-state index in [-0.39, 0.29) is 26.4 Å². The van der Waals surface area contributed by atoms with Crippen molar-refractivity contribution >= 4 is 7.82 Å². The Balaban J connectivity index is 3.37. The van der Waals surface area contributed by atoms with Crippen LogP contribution in [0.3, 0.4) is 0 Å². The van der Waals surface area contributed by atoms with E-state index >= 15 is 0 Å². The highest BCUT2D eigenvalue weighted by atomic mass is 31.2. The molecule has 7 nitrogen and oxygen atoms in total. The summed E-state index contributed by atoms with van der Waals surface area (Å²) in [4.78, 5) is 9.32. The Morgan fingerprint density at radius 1 is 0.839 bits per heavy atom. The van der Waals surface area contributed by atoms with E-state index in [0.29, 0.717) is 6.61 Å². The SMILES string of the molecule is CCCCC/C=C\C/C=C\CCCCCCCCOCC(O)COP(=O)(O)OCCN. The molecule has 0 aromatic heterocycles. The largest absolute Gasteiger partial charge is 0.472 e. The third-order valence-corrected chi connectivity index (χ3v) is 5.59. The van der Waals surface area contributed by atoms with Gasteiger partial charge in [-0.1, -0.05) is 69.8 Å². The van der Waals surface area contributed by atoms with Crippen LogP contribution < -0.4 is 5.73 Å². The lowest BCUT2D eigenvalue weighted by Crippen LogP contribution is -2.22. The van der Waals surface area contributed by atoms with E-state index in [1.807, 2.05) is 0 Å². The predicted molar refractivity (Wildman–Crippen MR) is 127 cm³/mol. The minimum absolute atomic E-state index is 0.0666. The van der Waals surface area contributed by atoms with Crippen LogP contribution in [0.2, 0.25) is 0 Å². The molecule has 0 aliphatic rings. The van der Waals surface area contributed by atoms with Gasteiger partial charge in [-0.25, -0.2) is 4.57 Å². The van der Waals surface area contributed by atoms with E-state index in [0.717, 1.165) is 25.7 Å². The summed E-state index contributed by atoms with van der Waals surface area (Å²) in [5, 5.41) is 9.70. The summed E-state index contributed by atoms with van der Waals surface area (Å²) >= 11 is 0. The number of nitrogens with two attached hydrogens (primary N) is 1. The van der Waals surface area contributed by atoms with Crippen molar-refractivity contribution in [1.82, 2.24) is 0 Å². The Labute approximate surface area is 189 Å². The van der Waals surface area contributed by atoms with Crippen molar-refractivity contribution in [2.75, 3.05) is 33.0 Å². The number of phosphoric acid groups is 1. The molecule has 8 heteroatoms. The number of ether oxygens (including phenoxy) is 1. The molecule has 0 aromatic carbocycles. The van der Waals surface area contributed by atoms with Gasteiger partial charge in [-0.2, -0.15) is 0 Å². The van der Waals surface area contributed by atoms with Crippen molar-refractivity contribution in [3.8, 4) is 0 Å². The Morgan fingerprint density at radius 2 is 1.45 bits per heavy atom. The minimum Gasteiger partial charge on any atom is -0.388 e. The highest BCUT2D eigenvalue weighted by Gasteiger charge is 2.22. The lowest BCUT2D eigenvalue weighted by Gasteiger charge is -2.15. The molecule has 0 aliphatic heterocycles. The molecule has 0 aliphatic carbocycles. The van der Waals surface area contributed by atoms with Crippen LogP contribution in [0.5, 0.6) is 0 Å². The quantitative estimate of drug-likeness (QED) is 0.107. The first-order valence-corrected chi connectivity index (χ1v) is 13.4. The highest BCUT2D eigenvalue weighted by Crippen LogP contribution is 2.42. The first-order chi connectivity index (χ1) is 15.0. The molecule has 0 spiro atoms. The van der Waals surface area contributed by atoms with Crippen LogP contribution in [0.1, 0.15) is 84.0 Å². The van der Waals surface area contributed by atoms with Gasteiger partial charge in [-0.15, -0.1) is 0 Å². The van der Waals surface area contributed by atoms with Crippen LogP contribution in [-0.4, -0.2) is 49.1 Å². The fourth-order valence-corrected chi connectivity index (χ4v) is 3.62. The molecule has 0 saturated heterocycles. The lowest BCUT2D eigenvalue weighted by molar-refractivity contribution is 0.00230. The maximum absolute atomic E-state index is 11.4. The third kappa shape index (κ3) is 24.0. The van der Waals surface area contributed by atoms with Crippen LogP contribution in [-0.2, 0) is 18.3 Å². The number of aliphatic hydroxyl groups is 1. The van der Waals surface area contributed by atoms with Gasteiger partial charge in [-0.3, -0.25) is 9.05 Å². The molecule has 0 heterocycles. The number of hydrogen-bond donors (Lipinski definition) is 3. The number of hydrogen-bond acceptors (Lipinski definition) is 6. The van der Waals surface area contributed by atoms with E-state index in [4.69, 9.17) is 10.5 Å². The standard InChI is InChI=1S/C23H46NO6P/c1-2-3-4-5-6-7-8-9-10-11-12-13-14-15-16-17-19-28-21-23(25)22-30-31(26,27)29-20-18-24/h6-7,9-10,23,25H,2-5,8,11-22,24H2,1H3,(H,26,27)/b7-6-,10-9-. The number of aliphatic hydroxyl groups excluding tert-OH is 1. The summed E-state index contributed by atoms with van der Waals surface area (Å²) in [7, 11) is -4.14.